The van der Waals surface area contributed by atoms with Crippen LogP contribution in [0.25, 0.3) is 0 Å². The SMILES string of the molecule is N=C/C(Br)=C\Nc1cccnc1N. The van der Waals surface area contributed by atoms with Crippen molar-refractivity contribution in [2.75, 3.05) is 11.1 Å². The van der Waals surface area contributed by atoms with Gasteiger partial charge in [0.05, 0.1) is 10.2 Å². The van der Waals surface area contributed by atoms with Crippen LogP contribution in [0.15, 0.2) is 29.0 Å². The van der Waals surface area contributed by atoms with Gasteiger partial charge in [0.1, 0.15) is 5.82 Å². The van der Waals surface area contributed by atoms with E-state index in [0.29, 0.717) is 10.3 Å². The second-order valence-corrected chi connectivity index (χ2v) is 3.17. The van der Waals surface area contributed by atoms with Crippen LogP contribution in [0.5, 0.6) is 0 Å². The Morgan fingerprint density at radius 3 is 3.08 bits per heavy atom. The van der Waals surface area contributed by atoms with Crippen LogP contribution in [0.1, 0.15) is 0 Å². The fourth-order valence-electron chi connectivity index (χ4n) is 0.728. The predicted molar refractivity (Wildman–Crippen MR) is 58.1 cm³/mol. The number of nitrogens with one attached hydrogen (secondary N) is 2. The molecule has 0 saturated carbocycles. The first-order valence-corrected chi connectivity index (χ1v) is 4.36. The lowest BCUT2D eigenvalue weighted by atomic mass is 10.4. The van der Waals surface area contributed by atoms with E-state index in [-0.39, 0.29) is 0 Å². The molecule has 1 aromatic heterocycles. The second kappa shape index (κ2) is 4.61. The van der Waals surface area contributed by atoms with E-state index in [1.54, 1.807) is 18.5 Å². The van der Waals surface area contributed by atoms with Gasteiger partial charge >= 0.3 is 0 Å². The summed E-state index contributed by atoms with van der Waals surface area (Å²) in [5.74, 6) is 0.434. The molecule has 0 atom stereocenters. The average molecular weight is 241 g/mol. The molecule has 0 amide bonds. The molecule has 5 heteroatoms. The average Bonchev–Trinajstić information content (AvgIpc) is 2.16. The molecular formula is C8H9BrN4. The van der Waals surface area contributed by atoms with Crippen molar-refractivity contribution in [3.63, 3.8) is 0 Å². The van der Waals surface area contributed by atoms with Crippen molar-refractivity contribution in [1.82, 2.24) is 4.98 Å². The minimum atomic E-state index is 0.434. The van der Waals surface area contributed by atoms with Crippen LogP contribution in [0, 0.1) is 5.41 Å². The number of hydrogen-bond acceptors (Lipinski definition) is 4. The summed E-state index contributed by atoms with van der Waals surface area (Å²) in [7, 11) is 0. The maximum absolute atomic E-state index is 6.90. The van der Waals surface area contributed by atoms with E-state index in [2.05, 4.69) is 26.2 Å². The van der Waals surface area contributed by atoms with Crippen LogP contribution in [0.2, 0.25) is 0 Å². The second-order valence-electron chi connectivity index (χ2n) is 2.25. The zero-order chi connectivity index (χ0) is 9.68. The van der Waals surface area contributed by atoms with Crippen molar-refractivity contribution in [3.05, 3.63) is 29.0 Å². The third-order valence-corrected chi connectivity index (χ3v) is 1.80. The monoisotopic (exact) mass is 240 g/mol. The highest BCUT2D eigenvalue weighted by molar-refractivity contribution is 9.12. The molecule has 4 N–H and O–H groups in total. The molecule has 1 rings (SSSR count). The predicted octanol–water partition coefficient (Wildman–Crippen LogP) is 1.96. The van der Waals surface area contributed by atoms with E-state index >= 15 is 0 Å². The fourth-order valence-corrected chi connectivity index (χ4v) is 0.842. The molecule has 0 aliphatic heterocycles. The summed E-state index contributed by atoms with van der Waals surface area (Å²) in [6.07, 6.45) is 4.43. The van der Waals surface area contributed by atoms with E-state index in [9.17, 15) is 0 Å². The van der Waals surface area contributed by atoms with Gasteiger partial charge in [-0.05, 0) is 28.1 Å². The summed E-state index contributed by atoms with van der Waals surface area (Å²) in [4.78, 5) is 3.90. The van der Waals surface area contributed by atoms with Gasteiger partial charge in [0.2, 0.25) is 0 Å². The Labute approximate surface area is 84.5 Å². The van der Waals surface area contributed by atoms with Crippen molar-refractivity contribution in [2.24, 2.45) is 0 Å². The van der Waals surface area contributed by atoms with E-state index in [4.69, 9.17) is 11.1 Å². The van der Waals surface area contributed by atoms with Gasteiger partial charge in [-0.3, -0.25) is 0 Å². The van der Waals surface area contributed by atoms with Crippen molar-refractivity contribution in [2.45, 2.75) is 0 Å². The quantitative estimate of drug-likeness (QED) is 0.708. The number of hydrogen-bond donors (Lipinski definition) is 3. The van der Waals surface area contributed by atoms with E-state index < -0.39 is 0 Å². The molecule has 0 radical (unpaired) electrons. The van der Waals surface area contributed by atoms with Gasteiger partial charge in [0, 0.05) is 18.6 Å². The minimum absolute atomic E-state index is 0.434. The maximum atomic E-state index is 6.90. The minimum Gasteiger partial charge on any atom is -0.382 e. The van der Waals surface area contributed by atoms with Crippen LogP contribution in [0.4, 0.5) is 11.5 Å². The van der Waals surface area contributed by atoms with Gasteiger partial charge in [-0.2, -0.15) is 0 Å². The molecule has 0 unspecified atom stereocenters. The summed E-state index contributed by atoms with van der Waals surface area (Å²) in [6, 6.07) is 3.59. The smallest absolute Gasteiger partial charge is 0.147 e. The summed E-state index contributed by atoms with van der Waals surface area (Å²) in [5.41, 5.74) is 6.30. The lowest BCUT2D eigenvalue weighted by Gasteiger charge is -2.02. The largest absolute Gasteiger partial charge is 0.382 e. The van der Waals surface area contributed by atoms with Crippen LogP contribution < -0.4 is 11.1 Å². The van der Waals surface area contributed by atoms with Crippen molar-refractivity contribution < 1.29 is 0 Å². The highest BCUT2D eigenvalue weighted by atomic mass is 79.9. The Kier molecular flexibility index (Phi) is 3.45. The highest BCUT2D eigenvalue weighted by Gasteiger charge is 1.94. The number of allylic oxidation sites excluding steroid dienone is 1. The van der Waals surface area contributed by atoms with Crippen LogP contribution >= 0.6 is 15.9 Å². The van der Waals surface area contributed by atoms with Gasteiger partial charge < -0.3 is 16.5 Å². The molecular weight excluding hydrogens is 232 g/mol. The van der Waals surface area contributed by atoms with Gasteiger partial charge in [-0.25, -0.2) is 4.98 Å². The normalized spacial score (nSPS) is 11.0. The molecule has 4 nitrogen and oxygen atoms in total. The number of pyridine rings is 1. The zero-order valence-electron chi connectivity index (χ0n) is 6.79. The van der Waals surface area contributed by atoms with Crippen molar-refractivity contribution >= 4 is 33.6 Å². The van der Waals surface area contributed by atoms with Crippen molar-refractivity contribution in [1.29, 1.82) is 5.41 Å². The zero-order valence-corrected chi connectivity index (χ0v) is 8.38. The first-order chi connectivity index (χ1) is 6.24. The Morgan fingerprint density at radius 1 is 1.69 bits per heavy atom. The molecule has 1 aromatic rings. The molecule has 0 spiro atoms. The fraction of sp³-hybridized carbons (Fsp3) is 0. The van der Waals surface area contributed by atoms with Crippen molar-refractivity contribution in [3.8, 4) is 0 Å². The molecule has 0 aliphatic carbocycles. The van der Waals surface area contributed by atoms with Gasteiger partial charge in [-0.15, -0.1) is 0 Å². The summed E-state index contributed by atoms with van der Waals surface area (Å²) in [6.45, 7) is 0. The molecule has 68 valence electrons. The van der Waals surface area contributed by atoms with Crippen LogP contribution in [0.3, 0.4) is 0 Å². The number of nitrogens with two attached hydrogens (primary N) is 1. The van der Waals surface area contributed by atoms with E-state index in [1.165, 1.54) is 6.21 Å². The number of aromatic nitrogens is 1. The lowest BCUT2D eigenvalue weighted by Crippen LogP contribution is -1.97. The first-order valence-electron chi connectivity index (χ1n) is 3.57. The molecule has 0 aliphatic rings. The van der Waals surface area contributed by atoms with E-state index in [0.717, 1.165) is 5.69 Å². The molecule has 0 aromatic carbocycles. The lowest BCUT2D eigenvalue weighted by molar-refractivity contribution is 1.33. The number of anilines is 2. The topological polar surface area (TPSA) is 74.8 Å². The van der Waals surface area contributed by atoms with Crippen LogP contribution in [-0.4, -0.2) is 11.2 Å². The van der Waals surface area contributed by atoms with Gasteiger partial charge in [-0.1, -0.05) is 0 Å². The summed E-state index contributed by atoms with van der Waals surface area (Å²) in [5, 5.41) is 9.82. The van der Waals surface area contributed by atoms with E-state index in [1.807, 2.05) is 6.07 Å². The number of rotatable bonds is 3. The molecule has 1 heterocycles. The van der Waals surface area contributed by atoms with Gasteiger partial charge in [0.25, 0.3) is 0 Å². The Morgan fingerprint density at radius 2 is 2.46 bits per heavy atom. The summed E-state index contributed by atoms with van der Waals surface area (Å²) >= 11 is 3.15. The third-order valence-electron chi connectivity index (χ3n) is 1.34. The number of halogens is 1. The highest BCUT2D eigenvalue weighted by Crippen LogP contribution is 2.14. The Bertz CT molecular complexity index is 335. The maximum Gasteiger partial charge on any atom is 0.147 e. The molecule has 13 heavy (non-hydrogen) atoms. The molecule has 0 fully saturated rings. The number of nitrogen functional groups attached to an aromatic ring is 1. The number of nitrogens with zero attached hydrogens (tertiary/aromatic N) is 1. The standard InChI is InChI=1S/C8H9BrN4/c9-6(4-10)5-13-7-2-1-3-12-8(7)11/h1-5,10,13H,(H2,11,12)/b6-5+,10-4?. The Balaban J connectivity index is 2.75. The molecule has 0 saturated heterocycles. The Hall–Kier alpha value is -1.36. The third kappa shape index (κ3) is 2.87. The van der Waals surface area contributed by atoms with Gasteiger partial charge in [0.15, 0.2) is 0 Å². The van der Waals surface area contributed by atoms with Crippen LogP contribution in [-0.2, 0) is 0 Å². The first kappa shape index (κ1) is 9.73. The molecule has 0 bridgehead atoms. The summed E-state index contributed by atoms with van der Waals surface area (Å²) < 4.78 is 0.635.